The summed E-state index contributed by atoms with van der Waals surface area (Å²) in [5, 5.41) is 0. The Hall–Kier alpha value is -2.95. The van der Waals surface area contributed by atoms with Crippen LogP contribution in [0.15, 0.2) is 67.3 Å². The zero-order valence-corrected chi connectivity index (χ0v) is 16.1. The molecule has 1 atom stereocenters. The highest BCUT2D eigenvalue weighted by atomic mass is 16.2. The number of hydrogen-bond acceptors (Lipinski definition) is 3. The molecule has 3 aromatic rings. The van der Waals surface area contributed by atoms with Gasteiger partial charge in [0.25, 0.3) is 0 Å². The number of hydrogen-bond donors (Lipinski definition) is 0. The first kappa shape index (κ1) is 18.4. The molecule has 0 aliphatic carbocycles. The van der Waals surface area contributed by atoms with E-state index in [1.165, 1.54) is 5.56 Å². The first-order chi connectivity index (χ1) is 13.8. The van der Waals surface area contributed by atoms with Gasteiger partial charge in [-0.15, -0.1) is 0 Å². The molecule has 1 saturated heterocycles. The summed E-state index contributed by atoms with van der Waals surface area (Å²) in [5.41, 5.74) is 2.38. The van der Waals surface area contributed by atoms with E-state index in [0.29, 0.717) is 12.3 Å². The summed E-state index contributed by atoms with van der Waals surface area (Å²) in [6, 6.07) is 14.4. The standard InChI is InChI=1S/C23H26N4O/c28-22(11-10-19-8-4-12-24-16-19)26-14-5-9-21(18-26)23-25-13-15-27(23)17-20-6-2-1-3-7-20/h1-4,6-8,12-13,15-16,21H,5,9-11,14,17-18H2/t21-/m0/s1. The summed E-state index contributed by atoms with van der Waals surface area (Å²) in [5.74, 6) is 1.62. The van der Waals surface area contributed by atoms with E-state index in [9.17, 15) is 4.79 Å². The number of carbonyl (C=O) groups is 1. The van der Waals surface area contributed by atoms with Crippen molar-refractivity contribution in [3.8, 4) is 0 Å². The number of imidazole rings is 1. The van der Waals surface area contributed by atoms with Gasteiger partial charge >= 0.3 is 0 Å². The van der Waals surface area contributed by atoms with Crippen LogP contribution < -0.4 is 0 Å². The largest absolute Gasteiger partial charge is 0.342 e. The van der Waals surface area contributed by atoms with Crippen molar-refractivity contribution in [2.45, 2.75) is 38.1 Å². The number of aryl methyl sites for hydroxylation is 1. The Morgan fingerprint density at radius 3 is 2.75 bits per heavy atom. The molecule has 1 aromatic carbocycles. The SMILES string of the molecule is O=C(CCc1cccnc1)N1CCC[C@H](c2nccn2Cc2ccccc2)C1. The second kappa shape index (κ2) is 8.83. The highest BCUT2D eigenvalue weighted by molar-refractivity contribution is 5.76. The molecule has 144 valence electrons. The third kappa shape index (κ3) is 4.47. The minimum Gasteiger partial charge on any atom is -0.342 e. The number of rotatable bonds is 6. The molecule has 0 spiro atoms. The number of carbonyl (C=O) groups excluding carboxylic acids is 1. The average Bonchev–Trinajstić information content (AvgIpc) is 3.22. The number of piperidine rings is 1. The van der Waals surface area contributed by atoms with Gasteiger partial charge in [-0.05, 0) is 36.5 Å². The minimum atomic E-state index is 0.231. The van der Waals surface area contributed by atoms with Gasteiger partial charge in [0.15, 0.2) is 0 Å². The van der Waals surface area contributed by atoms with E-state index in [2.05, 4.69) is 38.8 Å². The molecule has 1 fully saturated rings. The quantitative estimate of drug-likeness (QED) is 0.662. The Kier molecular flexibility index (Phi) is 5.80. The summed E-state index contributed by atoms with van der Waals surface area (Å²) in [6.07, 6.45) is 10.9. The van der Waals surface area contributed by atoms with Crippen LogP contribution in [0, 0.1) is 0 Å². The molecule has 0 bridgehead atoms. The van der Waals surface area contributed by atoms with Crippen molar-refractivity contribution >= 4 is 5.91 Å². The van der Waals surface area contributed by atoms with Crippen LogP contribution in [0.5, 0.6) is 0 Å². The smallest absolute Gasteiger partial charge is 0.222 e. The number of likely N-dealkylation sites (tertiary alicyclic amines) is 1. The third-order valence-corrected chi connectivity index (χ3v) is 5.43. The monoisotopic (exact) mass is 374 g/mol. The predicted octanol–water partition coefficient (Wildman–Crippen LogP) is 3.67. The molecule has 1 aliphatic heterocycles. The Morgan fingerprint density at radius 2 is 1.93 bits per heavy atom. The fourth-order valence-corrected chi connectivity index (χ4v) is 3.96. The van der Waals surface area contributed by atoms with Gasteiger partial charge < -0.3 is 9.47 Å². The highest BCUT2D eigenvalue weighted by Gasteiger charge is 2.27. The molecule has 0 radical (unpaired) electrons. The van der Waals surface area contributed by atoms with E-state index >= 15 is 0 Å². The maximum Gasteiger partial charge on any atom is 0.222 e. The van der Waals surface area contributed by atoms with Crippen molar-refractivity contribution in [1.29, 1.82) is 0 Å². The van der Waals surface area contributed by atoms with Crippen molar-refractivity contribution in [1.82, 2.24) is 19.4 Å². The Morgan fingerprint density at radius 1 is 1.07 bits per heavy atom. The van der Waals surface area contributed by atoms with Gasteiger partial charge in [0.2, 0.25) is 5.91 Å². The van der Waals surface area contributed by atoms with E-state index in [-0.39, 0.29) is 5.91 Å². The fourth-order valence-electron chi connectivity index (χ4n) is 3.96. The number of benzene rings is 1. The summed E-state index contributed by atoms with van der Waals surface area (Å²) < 4.78 is 2.23. The normalized spacial score (nSPS) is 16.9. The van der Waals surface area contributed by atoms with Crippen molar-refractivity contribution in [2.24, 2.45) is 0 Å². The molecule has 1 aliphatic rings. The zero-order valence-electron chi connectivity index (χ0n) is 16.1. The molecular weight excluding hydrogens is 348 g/mol. The zero-order chi connectivity index (χ0) is 19.2. The van der Waals surface area contributed by atoms with Gasteiger partial charge in [-0.1, -0.05) is 36.4 Å². The Balaban J connectivity index is 1.39. The van der Waals surface area contributed by atoms with Crippen LogP contribution in [0.4, 0.5) is 0 Å². The molecular formula is C23H26N4O. The number of aromatic nitrogens is 3. The van der Waals surface area contributed by atoms with Crippen LogP contribution in [-0.4, -0.2) is 38.4 Å². The predicted molar refractivity (Wildman–Crippen MR) is 109 cm³/mol. The topological polar surface area (TPSA) is 51.0 Å². The molecule has 3 heterocycles. The first-order valence-corrected chi connectivity index (χ1v) is 10.0. The minimum absolute atomic E-state index is 0.231. The molecule has 0 saturated carbocycles. The fraction of sp³-hybridized carbons (Fsp3) is 0.348. The molecule has 2 aromatic heterocycles. The van der Waals surface area contributed by atoms with Gasteiger partial charge in [0.1, 0.15) is 5.82 Å². The van der Waals surface area contributed by atoms with Gasteiger partial charge in [-0.3, -0.25) is 9.78 Å². The van der Waals surface area contributed by atoms with Crippen LogP contribution >= 0.6 is 0 Å². The number of amides is 1. The van der Waals surface area contributed by atoms with Gasteiger partial charge in [0.05, 0.1) is 0 Å². The van der Waals surface area contributed by atoms with Crippen LogP contribution in [0.3, 0.4) is 0 Å². The molecule has 5 nitrogen and oxygen atoms in total. The summed E-state index contributed by atoms with van der Waals surface area (Å²) in [7, 11) is 0. The summed E-state index contributed by atoms with van der Waals surface area (Å²) >= 11 is 0. The van der Waals surface area contributed by atoms with E-state index in [4.69, 9.17) is 0 Å². The van der Waals surface area contributed by atoms with Gasteiger partial charge in [-0.2, -0.15) is 0 Å². The number of pyridine rings is 1. The van der Waals surface area contributed by atoms with Crippen molar-refractivity contribution in [2.75, 3.05) is 13.1 Å². The van der Waals surface area contributed by atoms with Crippen molar-refractivity contribution in [3.05, 3.63) is 84.2 Å². The van der Waals surface area contributed by atoms with Crippen LogP contribution in [0.2, 0.25) is 0 Å². The van der Waals surface area contributed by atoms with Crippen LogP contribution in [-0.2, 0) is 17.8 Å². The molecule has 1 amide bonds. The van der Waals surface area contributed by atoms with E-state index in [1.54, 1.807) is 6.20 Å². The molecule has 28 heavy (non-hydrogen) atoms. The average molecular weight is 374 g/mol. The Bertz CT molecular complexity index is 891. The van der Waals surface area contributed by atoms with Crippen LogP contribution in [0.25, 0.3) is 0 Å². The molecule has 0 N–H and O–H groups in total. The van der Waals surface area contributed by atoms with E-state index in [0.717, 1.165) is 50.3 Å². The Labute approximate surface area is 166 Å². The van der Waals surface area contributed by atoms with Crippen LogP contribution in [0.1, 0.15) is 42.1 Å². The van der Waals surface area contributed by atoms with E-state index < -0.39 is 0 Å². The second-order valence-corrected chi connectivity index (χ2v) is 7.44. The van der Waals surface area contributed by atoms with Gasteiger partial charge in [-0.25, -0.2) is 4.98 Å². The lowest BCUT2D eigenvalue weighted by Crippen LogP contribution is -2.39. The van der Waals surface area contributed by atoms with Gasteiger partial charge in [0, 0.05) is 56.8 Å². The maximum atomic E-state index is 12.7. The lowest BCUT2D eigenvalue weighted by molar-refractivity contribution is -0.132. The maximum absolute atomic E-state index is 12.7. The lowest BCUT2D eigenvalue weighted by Gasteiger charge is -2.33. The lowest BCUT2D eigenvalue weighted by atomic mass is 9.96. The molecule has 5 heteroatoms. The molecule has 4 rings (SSSR count). The van der Waals surface area contributed by atoms with Crippen molar-refractivity contribution < 1.29 is 4.79 Å². The van der Waals surface area contributed by atoms with E-state index in [1.807, 2.05) is 41.7 Å². The highest BCUT2D eigenvalue weighted by Crippen LogP contribution is 2.27. The number of nitrogens with zero attached hydrogens (tertiary/aromatic N) is 4. The first-order valence-electron chi connectivity index (χ1n) is 10.0. The summed E-state index contributed by atoms with van der Waals surface area (Å²) in [6.45, 7) is 2.43. The second-order valence-electron chi connectivity index (χ2n) is 7.44. The molecule has 0 unspecified atom stereocenters. The summed E-state index contributed by atoms with van der Waals surface area (Å²) in [4.78, 5) is 23.5. The third-order valence-electron chi connectivity index (χ3n) is 5.43. The van der Waals surface area contributed by atoms with Crippen molar-refractivity contribution in [3.63, 3.8) is 0 Å².